The molecular formula is C17H17N5O4S. The third-order valence-corrected chi connectivity index (χ3v) is 4.65. The number of benzene rings is 1. The zero-order valence-corrected chi connectivity index (χ0v) is 14.9. The molecule has 3 atom stereocenters. The first-order chi connectivity index (χ1) is 13.0. The molecule has 1 saturated heterocycles. The SMILES string of the molecule is Nc1nc2c(ncn2[C@@H]2C[C@@H](O)[C@@H](COC(=O)c3ccccc3)O2)c(=S)[nH]1. The Balaban J connectivity index is 1.47. The van der Waals surface area contributed by atoms with Crippen LogP contribution in [0.15, 0.2) is 36.7 Å². The summed E-state index contributed by atoms with van der Waals surface area (Å²) >= 11 is 5.19. The zero-order chi connectivity index (χ0) is 19.0. The number of nitrogen functional groups attached to an aromatic ring is 1. The van der Waals surface area contributed by atoms with Gasteiger partial charge in [-0.05, 0) is 12.1 Å². The van der Waals surface area contributed by atoms with Gasteiger partial charge in [0.05, 0.1) is 18.0 Å². The van der Waals surface area contributed by atoms with Crippen molar-refractivity contribution in [2.45, 2.75) is 24.9 Å². The van der Waals surface area contributed by atoms with Crippen LogP contribution in [0.4, 0.5) is 5.95 Å². The molecule has 140 valence electrons. The molecule has 1 aromatic carbocycles. The predicted molar refractivity (Wildman–Crippen MR) is 98.4 cm³/mol. The van der Waals surface area contributed by atoms with E-state index in [9.17, 15) is 9.90 Å². The zero-order valence-electron chi connectivity index (χ0n) is 14.1. The van der Waals surface area contributed by atoms with E-state index in [1.165, 1.54) is 6.33 Å². The number of esters is 1. The number of nitrogens with two attached hydrogens (primary N) is 1. The average molecular weight is 387 g/mol. The van der Waals surface area contributed by atoms with Crippen LogP contribution in [0.3, 0.4) is 0 Å². The lowest BCUT2D eigenvalue weighted by molar-refractivity contribution is -0.0509. The molecule has 0 spiro atoms. The van der Waals surface area contributed by atoms with Crippen LogP contribution in [0.25, 0.3) is 11.2 Å². The fourth-order valence-corrected chi connectivity index (χ4v) is 3.25. The Morgan fingerprint density at radius 3 is 3.00 bits per heavy atom. The molecule has 0 amide bonds. The maximum absolute atomic E-state index is 12.1. The molecule has 27 heavy (non-hydrogen) atoms. The summed E-state index contributed by atoms with van der Waals surface area (Å²) in [6.45, 7) is -0.0618. The molecule has 3 aromatic rings. The van der Waals surface area contributed by atoms with Crippen LogP contribution < -0.4 is 5.73 Å². The van der Waals surface area contributed by atoms with Crippen molar-refractivity contribution in [3.8, 4) is 0 Å². The fraction of sp³-hybridized carbons (Fsp3) is 0.294. The lowest BCUT2D eigenvalue weighted by Crippen LogP contribution is -2.28. The molecule has 1 fully saturated rings. The minimum Gasteiger partial charge on any atom is -0.459 e. The van der Waals surface area contributed by atoms with E-state index < -0.39 is 24.4 Å². The summed E-state index contributed by atoms with van der Waals surface area (Å²) in [4.78, 5) is 23.2. The van der Waals surface area contributed by atoms with Gasteiger partial charge in [0.1, 0.15) is 29.1 Å². The van der Waals surface area contributed by atoms with E-state index in [1.54, 1.807) is 28.8 Å². The Hall–Kier alpha value is -2.82. The number of aliphatic hydroxyl groups is 1. The topological polar surface area (TPSA) is 128 Å². The Morgan fingerprint density at radius 1 is 1.44 bits per heavy atom. The van der Waals surface area contributed by atoms with Gasteiger partial charge in [0, 0.05) is 6.42 Å². The molecule has 9 nitrogen and oxygen atoms in total. The summed E-state index contributed by atoms with van der Waals surface area (Å²) in [5.41, 5.74) is 7.13. The van der Waals surface area contributed by atoms with Crippen LogP contribution in [0.2, 0.25) is 0 Å². The standard InChI is InChI=1S/C17H17N5O4S/c18-17-20-14-13(15(27)21-17)19-8-22(14)12-6-10(23)11(26-12)7-25-16(24)9-4-2-1-3-5-9/h1-5,8,10-12,23H,6-7H2,(H3,18,20,21,27)/t10-,11-,12+/m1/s1. The number of hydrogen-bond acceptors (Lipinski definition) is 8. The van der Waals surface area contributed by atoms with E-state index >= 15 is 0 Å². The molecule has 3 heterocycles. The summed E-state index contributed by atoms with van der Waals surface area (Å²) in [6.07, 6.45) is -0.140. The van der Waals surface area contributed by atoms with Gasteiger partial charge in [-0.1, -0.05) is 30.4 Å². The van der Waals surface area contributed by atoms with Crippen LogP contribution >= 0.6 is 12.2 Å². The van der Waals surface area contributed by atoms with Crippen molar-refractivity contribution in [2.24, 2.45) is 0 Å². The van der Waals surface area contributed by atoms with Crippen molar-refractivity contribution >= 4 is 35.3 Å². The number of ether oxygens (including phenoxy) is 2. The first-order valence-corrected chi connectivity index (χ1v) is 8.72. The molecule has 1 aliphatic rings. The number of anilines is 1. The highest BCUT2D eigenvalue weighted by Gasteiger charge is 2.36. The van der Waals surface area contributed by atoms with Crippen LogP contribution in [0, 0.1) is 4.64 Å². The Kier molecular flexibility index (Phi) is 4.60. The molecule has 0 aliphatic carbocycles. The van der Waals surface area contributed by atoms with Gasteiger partial charge in [0.15, 0.2) is 5.65 Å². The normalized spacial score (nSPS) is 22.2. The number of hydrogen-bond donors (Lipinski definition) is 3. The monoisotopic (exact) mass is 387 g/mol. The van der Waals surface area contributed by atoms with Crippen molar-refractivity contribution in [2.75, 3.05) is 12.3 Å². The van der Waals surface area contributed by atoms with Crippen molar-refractivity contribution in [1.29, 1.82) is 0 Å². The summed E-state index contributed by atoms with van der Waals surface area (Å²) in [5.74, 6) is -0.301. The Morgan fingerprint density at radius 2 is 2.22 bits per heavy atom. The molecule has 4 rings (SSSR count). The number of nitrogens with zero attached hydrogens (tertiary/aromatic N) is 3. The van der Waals surface area contributed by atoms with Gasteiger partial charge in [-0.2, -0.15) is 4.98 Å². The smallest absolute Gasteiger partial charge is 0.338 e. The Labute approximate surface area is 158 Å². The summed E-state index contributed by atoms with van der Waals surface area (Å²) in [7, 11) is 0. The van der Waals surface area contributed by atoms with Crippen LogP contribution in [0.1, 0.15) is 23.0 Å². The number of carbonyl (C=O) groups excluding carboxylic acids is 1. The first kappa shape index (κ1) is 17.6. The number of nitrogens with one attached hydrogen (secondary N) is 1. The third kappa shape index (κ3) is 3.42. The van der Waals surface area contributed by atoms with Gasteiger partial charge < -0.3 is 25.3 Å². The van der Waals surface area contributed by atoms with Gasteiger partial charge in [-0.25, -0.2) is 9.78 Å². The van der Waals surface area contributed by atoms with Crippen molar-refractivity contribution in [3.05, 3.63) is 46.9 Å². The van der Waals surface area contributed by atoms with E-state index in [0.717, 1.165) is 0 Å². The number of aromatic amines is 1. The lowest BCUT2D eigenvalue weighted by atomic mass is 10.2. The molecule has 0 saturated carbocycles. The molecule has 0 bridgehead atoms. The number of imidazole rings is 1. The maximum atomic E-state index is 12.1. The van der Waals surface area contributed by atoms with Crippen LogP contribution in [0.5, 0.6) is 0 Å². The molecule has 0 radical (unpaired) electrons. The number of aromatic nitrogens is 4. The number of fused-ring (bicyclic) bond motifs is 1. The van der Waals surface area contributed by atoms with Crippen LogP contribution in [-0.4, -0.2) is 49.4 Å². The molecule has 0 unspecified atom stereocenters. The minimum absolute atomic E-state index is 0.0618. The Bertz CT molecular complexity index is 1030. The quantitative estimate of drug-likeness (QED) is 0.455. The first-order valence-electron chi connectivity index (χ1n) is 8.31. The number of aliphatic hydroxyl groups excluding tert-OH is 1. The van der Waals surface area contributed by atoms with E-state index in [4.69, 9.17) is 27.4 Å². The number of carbonyl (C=O) groups is 1. The highest BCUT2D eigenvalue weighted by Crippen LogP contribution is 2.31. The third-order valence-electron chi connectivity index (χ3n) is 4.35. The van der Waals surface area contributed by atoms with Gasteiger partial charge in [0.25, 0.3) is 0 Å². The fourth-order valence-electron chi connectivity index (χ4n) is 3.01. The van der Waals surface area contributed by atoms with Gasteiger partial charge in [0.2, 0.25) is 5.95 Å². The second-order valence-corrected chi connectivity index (χ2v) is 6.58. The molecular weight excluding hydrogens is 370 g/mol. The summed E-state index contributed by atoms with van der Waals surface area (Å²) < 4.78 is 13.2. The van der Waals surface area contributed by atoms with E-state index in [1.807, 2.05) is 6.07 Å². The molecule has 10 heteroatoms. The number of H-pyrrole nitrogens is 1. The molecule has 2 aromatic heterocycles. The van der Waals surface area contributed by atoms with E-state index in [2.05, 4.69) is 15.0 Å². The highest BCUT2D eigenvalue weighted by atomic mass is 32.1. The molecule has 4 N–H and O–H groups in total. The van der Waals surface area contributed by atoms with Crippen molar-refractivity contribution < 1.29 is 19.4 Å². The second kappa shape index (κ2) is 7.06. The summed E-state index contributed by atoms with van der Waals surface area (Å²) in [6, 6.07) is 8.64. The lowest BCUT2D eigenvalue weighted by Gasteiger charge is -2.16. The number of rotatable bonds is 4. The minimum atomic E-state index is -0.799. The second-order valence-electron chi connectivity index (χ2n) is 6.17. The van der Waals surface area contributed by atoms with Gasteiger partial charge in [-0.3, -0.25) is 4.57 Å². The predicted octanol–water partition coefficient (Wildman–Crippen LogP) is 1.58. The highest BCUT2D eigenvalue weighted by molar-refractivity contribution is 7.71. The van der Waals surface area contributed by atoms with Crippen molar-refractivity contribution in [1.82, 2.24) is 19.5 Å². The van der Waals surface area contributed by atoms with Gasteiger partial charge in [-0.15, -0.1) is 0 Å². The van der Waals surface area contributed by atoms with Crippen LogP contribution in [-0.2, 0) is 9.47 Å². The van der Waals surface area contributed by atoms with Crippen molar-refractivity contribution in [3.63, 3.8) is 0 Å². The molecule has 1 aliphatic heterocycles. The maximum Gasteiger partial charge on any atom is 0.338 e. The largest absolute Gasteiger partial charge is 0.459 e. The van der Waals surface area contributed by atoms with E-state index in [-0.39, 0.29) is 12.6 Å². The van der Waals surface area contributed by atoms with Gasteiger partial charge >= 0.3 is 5.97 Å². The van der Waals surface area contributed by atoms with E-state index in [0.29, 0.717) is 27.8 Å². The average Bonchev–Trinajstić information content (AvgIpc) is 3.24. The summed E-state index contributed by atoms with van der Waals surface area (Å²) in [5, 5.41) is 10.3.